The number of nitrogens with one attached hydrogen (secondary N) is 1. The molecule has 21 heavy (non-hydrogen) atoms. The van der Waals surface area contributed by atoms with Gasteiger partial charge in [0.2, 0.25) is 11.8 Å². The Morgan fingerprint density at radius 3 is 2.52 bits per heavy atom. The van der Waals surface area contributed by atoms with Crippen molar-refractivity contribution in [2.75, 3.05) is 24.6 Å². The molecule has 116 valence electrons. The largest absolute Gasteiger partial charge is 0.344 e. The van der Waals surface area contributed by atoms with Crippen LogP contribution >= 0.6 is 34.7 Å². The minimum absolute atomic E-state index is 0.0000574. The van der Waals surface area contributed by atoms with Gasteiger partial charge in [0.25, 0.3) is 0 Å². The molecule has 0 spiro atoms. The molecule has 0 saturated carbocycles. The maximum Gasteiger partial charge on any atom is 0.244 e. The van der Waals surface area contributed by atoms with E-state index in [4.69, 9.17) is 11.6 Å². The van der Waals surface area contributed by atoms with Crippen molar-refractivity contribution in [1.29, 1.82) is 0 Å². The molecule has 1 saturated heterocycles. The fourth-order valence-electron chi connectivity index (χ4n) is 2.15. The van der Waals surface area contributed by atoms with Gasteiger partial charge in [-0.25, -0.2) is 0 Å². The van der Waals surface area contributed by atoms with Crippen molar-refractivity contribution in [3.8, 4) is 0 Å². The molecule has 1 fully saturated rings. The standard InChI is InChI=1S/C14H19ClN2O2S2/c1-9(11-3-4-12(15)21-11)13(18)16-10(2)14(19)17-5-7-20-8-6-17/h3-4,9-10H,5-8H2,1-2H3,(H,16,18)/t9-,10+/m1/s1. The van der Waals surface area contributed by atoms with E-state index in [1.807, 2.05) is 29.7 Å². The van der Waals surface area contributed by atoms with Gasteiger partial charge in [-0.3, -0.25) is 9.59 Å². The number of rotatable bonds is 4. The molecule has 1 aliphatic rings. The van der Waals surface area contributed by atoms with Crippen molar-refractivity contribution in [3.63, 3.8) is 0 Å². The van der Waals surface area contributed by atoms with Crippen molar-refractivity contribution in [2.45, 2.75) is 25.8 Å². The van der Waals surface area contributed by atoms with Gasteiger partial charge < -0.3 is 10.2 Å². The van der Waals surface area contributed by atoms with Gasteiger partial charge in [0.05, 0.1) is 10.3 Å². The molecule has 2 atom stereocenters. The second kappa shape index (κ2) is 7.51. The van der Waals surface area contributed by atoms with Crippen molar-refractivity contribution in [3.05, 3.63) is 21.3 Å². The Bertz CT molecular complexity index is 515. The van der Waals surface area contributed by atoms with E-state index in [9.17, 15) is 9.59 Å². The highest BCUT2D eigenvalue weighted by Crippen LogP contribution is 2.28. The molecule has 2 heterocycles. The van der Waals surface area contributed by atoms with Gasteiger partial charge in [0.15, 0.2) is 0 Å². The van der Waals surface area contributed by atoms with Crippen LogP contribution in [0.5, 0.6) is 0 Å². The van der Waals surface area contributed by atoms with E-state index in [0.717, 1.165) is 29.5 Å². The van der Waals surface area contributed by atoms with Crippen LogP contribution < -0.4 is 5.32 Å². The SMILES string of the molecule is C[C@H](NC(=O)[C@H](C)c1ccc(Cl)s1)C(=O)N1CCSCC1. The maximum atomic E-state index is 12.3. The van der Waals surface area contributed by atoms with Crippen LogP contribution in [0.3, 0.4) is 0 Å². The Morgan fingerprint density at radius 1 is 1.29 bits per heavy atom. The molecular weight excluding hydrogens is 328 g/mol. The molecular formula is C14H19ClN2O2S2. The van der Waals surface area contributed by atoms with Crippen LogP contribution in [0.1, 0.15) is 24.6 Å². The van der Waals surface area contributed by atoms with Gasteiger partial charge in [0.1, 0.15) is 6.04 Å². The number of carbonyl (C=O) groups is 2. The number of halogens is 1. The Labute approximate surface area is 138 Å². The molecule has 1 aliphatic heterocycles. The minimum Gasteiger partial charge on any atom is -0.344 e. The van der Waals surface area contributed by atoms with Crippen LogP contribution in [0.25, 0.3) is 0 Å². The minimum atomic E-state index is -0.488. The van der Waals surface area contributed by atoms with E-state index >= 15 is 0 Å². The Balaban J connectivity index is 1.90. The summed E-state index contributed by atoms with van der Waals surface area (Å²) in [5.41, 5.74) is 0. The molecule has 0 aromatic carbocycles. The molecule has 0 aliphatic carbocycles. The number of carbonyl (C=O) groups excluding carboxylic acids is 2. The van der Waals surface area contributed by atoms with Crippen LogP contribution in [0.2, 0.25) is 4.34 Å². The van der Waals surface area contributed by atoms with Crippen molar-refractivity contribution in [1.82, 2.24) is 10.2 Å². The van der Waals surface area contributed by atoms with Gasteiger partial charge in [-0.1, -0.05) is 11.6 Å². The summed E-state index contributed by atoms with van der Waals surface area (Å²) in [6.07, 6.45) is 0. The molecule has 0 radical (unpaired) electrons. The Hall–Kier alpha value is -0.720. The first-order valence-electron chi connectivity index (χ1n) is 6.91. The highest BCUT2D eigenvalue weighted by molar-refractivity contribution is 7.99. The first kappa shape index (κ1) is 16.6. The smallest absolute Gasteiger partial charge is 0.244 e. The lowest BCUT2D eigenvalue weighted by molar-refractivity contribution is -0.135. The van der Waals surface area contributed by atoms with E-state index in [1.165, 1.54) is 11.3 Å². The zero-order chi connectivity index (χ0) is 15.4. The number of amides is 2. The predicted octanol–water partition coefficient (Wildman–Crippen LogP) is 2.59. The second-order valence-corrected chi connectivity index (χ2v) is 8.00. The second-order valence-electron chi connectivity index (χ2n) is 5.03. The molecule has 0 bridgehead atoms. The molecule has 4 nitrogen and oxygen atoms in total. The van der Waals surface area contributed by atoms with Crippen LogP contribution in [-0.2, 0) is 9.59 Å². The summed E-state index contributed by atoms with van der Waals surface area (Å²) < 4.78 is 0.666. The van der Waals surface area contributed by atoms with Crippen LogP contribution in [0.4, 0.5) is 0 Å². The molecule has 1 N–H and O–H groups in total. The summed E-state index contributed by atoms with van der Waals surface area (Å²) in [6.45, 7) is 5.10. The summed E-state index contributed by atoms with van der Waals surface area (Å²) >= 11 is 9.14. The number of thiophene rings is 1. The third-order valence-corrected chi connectivity index (χ3v) is 5.82. The monoisotopic (exact) mass is 346 g/mol. The quantitative estimate of drug-likeness (QED) is 0.911. The number of hydrogen-bond acceptors (Lipinski definition) is 4. The van der Waals surface area contributed by atoms with E-state index in [2.05, 4.69) is 5.32 Å². The van der Waals surface area contributed by atoms with Crippen molar-refractivity contribution >= 4 is 46.5 Å². The third kappa shape index (κ3) is 4.37. The van der Waals surface area contributed by atoms with E-state index in [-0.39, 0.29) is 17.7 Å². The van der Waals surface area contributed by atoms with Gasteiger partial charge in [-0.05, 0) is 26.0 Å². The van der Waals surface area contributed by atoms with Crippen LogP contribution in [0, 0.1) is 0 Å². The third-order valence-electron chi connectivity index (χ3n) is 3.47. The summed E-state index contributed by atoms with van der Waals surface area (Å²) in [7, 11) is 0. The van der Waals surface area contributed by atoms with Gasteiger partial charge in [-0.2, -0.15) is 11.8 Å². The summed E-state index contributed by atoms with van der Waals surface area (Å²) in [4.78, 5) is 27.2. The van der Waals surface area contributed by atoms with Crippen LogP contribution in [0.15, 0.2) is 12.1 Å². The summed E-state index contributed by atoms with van der Waals surface area (Å²) in [5, 5.41) is 2.81. The lowest BCUT2D eigenvalue weighted by Crippen LogP contribution is -2.50. The van der Waals surface area contributed by atoms with E-state index in [1.54, 1.807) is 13.0 Å². The summed E-state index contributed by atoms with van der Waals surface area (Å²) in [6, 6.07) is 3.15. The molecule has 7 heteroatoms. The van der Waals surface area contributed by atoms with E-state index < -0.39 is 6.04 Å². The molecule has 2 amide bonds. The topological polar surface area (TPSA) is 49.4 Å². The molecule has 1 aromatic heterocycles. The summed E-state index contributed by atoms with van der Waals surface area (Å²) in [5.74, 6) is 1.50. The zero-order valence-electron chi connectivity index (χ0n) is 12.1. The average Bonchev–Trinajstić information content (AvgIpc) is 2.93. The van der Waals surface area contributed by atoms with Gasteiger partial charge in [0, 0.05) is 29.5 Å². The maximum absolute atomic E-state index is 12.3. The van der Waals surface area contributed by atoms with Gasteiger partial charge >= 0.3 is 0 Å². The lowest BCUT2D eigenvalue weighted by Gasteiger charge is -2.29. The normalized spacial score (nSPS) is 18.1. The predicted molar refractivity (Wildman–Crippen MR) is 89.3 cm³/mol. The highest BCUT2D eigenvalue weighted by Gasteiger charge is 2.26. The first-order valence-corrected chi connectivity index (χ1v) is 9.26. The van der Waals surface area contributed by atoms with Gasteiger partial charge in [-0.15, -0.1) is 11.3 Å². The van der Waals surface area contributed by atoms with E-state index in [0.29, 0.717) is 4.34 Å². The first-order chi connectivity index (χ1) is 9.99. The zero-order valence-corrected chi connectivity index (χ0v) is 14.5. The fraction of sp³-hybridized carbons (Fsp3) is 0.571. The fourth-order valence-corrected chi connectivity index (χ4v) is 4.16. The Morgan fingerprint density at radius 2 is 1.95 bits per heavy atom. The molecule has 2 rings (SSSR count). The molecule has 1 aromatic rings. The van der Waals surface area contributed by atoms with Crippen molar-refractivity contribution in [2.24, 2.45) is 0 Å². The molecule has 0 unspecified atom stereocenters. The van der Waals surface area contributed by atoms with Crippen molar-refractivity contribution < 1.29 is 9.59 Å². The number of thioether (sulfide) groups is 1. The lowest BCUT2D eigenvalue weighted by atomic mass is 10.1. The average molecular weight is 347 g/mol. The number of nitrogens with zero attached hydrogens (tertiary/aromatic N) is 1. The Kier molecular flexibility index (Phi) is 5.96. The number of hydrogen-bond donors (Lipinski definition) is 1. The highest BCUT2D eigenvalue weighted by atomic mass is 35.5. The van der Waals surface area contributed by atoms with Crippen LogP contribution in [-0.4, -0.2) is 47.4 Å².